The first-order chi connectivity index (χ1) is 3.84. The summed E-state index contributed by atoms with van der Waals surface area (Å²) >= 11 is 0. The van der Waals surface area contributed by atoms with E-state index in [2.05, 4.69) is 16.9 Å². The molecule has 0 spiro atoms. The molecule has 0 aliphatic carbocycles. The Morgan fingerprint density at radius 2 is 2.25 bits per heavy atom. The van der Waals surface area contributed by atoms with Crippen LogP contribution in [0.15, 0.2) is 9.98 Å². The van der Waals surface area contributed by atoms with E-state index in [1.165, 1.54) is 5.71 Å². The number of rotatable bonds is 1. The van der Waals surface area contributed by atoms with Crippen LogP contribution in [0, 0.1) is 0 Å². The van der Waals surface area contributed by atoms with Crippen LogP contribution in [0.5, 0.6) is 0 Å². The van der Waals surface area contributed by atoms with Gasteiger partial charge >= 0.3 is 0 Å². The van der Waals surface area contributed by atoms with Gasteiger partial charge in [0, 0.05) is 0 Å². The molecule has 0 atom stereocenters. The summed E-state index contributed by atoms with van der Waals surface area (Å²) < 4.78 is 0. The molecule has 0 aromatic rings. The predicted octanol–water partition coefficient (Wildman–Crippen LogP) is 1.27. The van der Waals surface area contributed by atoms with Gasteiger partial charge in [-0.3, -0.25) is 9.98 Å². The molecule has 1 aliphatic heterocycles. The summed E-state index contributed by atoms with van der Waals surface area (Å²) in [6.45, 7) is 4.77. The second-order valence-corrected chi connectivity index (χ2v) is 1.84. The Kier molecular flexibility index (Phi) is 1.42. The van der Waals surface area contributed by atoms with E-state index in [9.17, 15) is 0 Å². The van der Waals surface area contributed by atoms with E-state index in [1.54, 1.807) is 0 Å². The second kappa shape index (κ2) is 2.07. The van der Waals surface area contributed by atoms with E-state index in [-0.39, 0.29) is 0 Å². The number of hydrogen-bond donors (Lipinski definition) is 0. The molecule has 2 nitrogen and oxygen atoms in total. The van der Waals surface area contributed by atoms with Crippen molar-refractivity contribution in [1.29, 1.82) is 0 Å². The van der Waals surface area contributed by atoms with Gasteiger partial charge in [-0.2, -0.15) is 0 Å². The summed E-state index contributed by atoms with van der Waals surface area (Å²) in [5, 5.41) is 0. The molecule has 0 aromatic carbocycles. The number of nitrogens with zero attached hydrogens (tertiary/aromatic N) is 2. The molecule has 8 heavy (non-hydrogen) atoms. The van der Waals surface area contributed by atoms with Crippen LogP contribution < -0.4 is 0 Å². The lowest BCUT2D eigenvalue weighted by atomic mass is 10.2. The third kappa shape index (κ3) is 0.782. The molecular formula is C6H10N2. The minimum atomic E-state index is 0.662. The average molecular weight is 110 g/mol. The van der Waals surface area contributed by atoms with Gasteiger partial charge in [-0.1, -0.05) is 6.92 Å². The Morgan fingerprint density at radius 1 is 1.50 bits per heavy atom. The summed E-state index contributed by atoms with van der Waals surface area (Å²) in [6.07, 6.45) is 1.02. The highest BCUT2D eigenvalue weighted by Crippen LogP contribution is 1.97. The van der Waals surface area contributed by atoms with Gasteiger partial charge in [-0.05, 0) is 13.3 Å². The predicted molar refractivity (Wildman–Crippen MR) is 35.7 cm³/mol. The summed E-state index contributed by atoms with van der Waals surface area (Å²) in [6, 6.07) is 0. The Labute approximate surface area is 49.3 Å². The maximum absolute atomic E-state index is 4.15. The van der Waals surface area contributed by atoms with Crippen molar-refractivity contribution in [2.75, 3.05) is 6.67 Å². The minimum absolute atomic E-state index is 0.662. The van der Waals surface area contributed by atoms with Crippen LogP contribution in [0.3, 0.4) is 0 Å². The van der Waals surface area contributed by atoms with Crippen LogP contribution in [-0.4, -0.2) is 18.1 Å². The fraction of sp³-hybridized carbons (Fsp3) is 0.667. The Hall–Kier alpha value is -0.660. The van der Waals surface area contributed by atoms with Crippen molar-refractivity contribution in [2.45, 2.75) is 20.3 Å². The highest BCUT2D eigenvalue weighted by molar-refractivity contribution is 6.42. The maximum Gasteiger partial charge on any atom is 0.130 e. The van der Waals surface area contributed by atoms with Crippen LogP contribution in [0.1, 0.15) is 20.3 Å². The molecule has 0 unspecified atom stereocenters. The fourth-order valence-electron chi connectivity index (χ4n) is 0.800. The standard InChI is InChI=1S/C6H10N2/c1-3-6-5(2)7-4-8-6/h3-4H2,1-2H3. The van der Waals surface area contributed by atoms with Crippen molar-refractivity contribution in [3.05, 3.63) is 0 Å². The average Bonchev–Trinajstić information content (AvgIpc) is 2.14. The van der Waals surface area contributed by atoms with Crippen LogP contribution in [0.2, 0.25) is 0 Å². The topological polar surface area (TPSA) is 24.7 Å². The molecule has 2 heteroatoms. The van der Waals surface area contributed by atoms with Gasteiger partial charge in [0.1, 0.15) is 6.67 Å². The zero-order valence-electron chi connectivity index (χ0n) is 5.31. The zero-order chi connectivity index (χ0) is 5.98. The molecule has 0 saturated heterocycles. The first-order valence-electron chi connectivity index (χ1n) is 2.89. The molecule has 0 amide bonds. The minimum Gasteiger partial charge on any atom is -0.265 e. The van der Waals surface area contributed by atoms with Gasteiger partial charge in [-0.25, -0.2) is 0 Å². The molecule has 0 radical (unpaired) electrons. The van der Waals surface area contributed by atoms with E-state index in [1.807, 2.05) is 6.92 Å². The summed E-state index contributed by atoms with van der Waals surface area (Å²) in [5.74, 6) is 0. The number of hydrogen-bond acceptors (Lipinski definition) is 2. The van der Waals surface area contributed by atoms with Crippen LogP contribution >= 0.6 is 0 Å². The van der Waals surface area contributed by atoms with E-state index in [0.29, 0.717) is 6.67 Å². The maximum atomic E-state index is 4.15. The third-order valence-electron chi connectivity index (χ3n) is 1.32. The van der Waals surface area contributed by atoms with Gasteiger partial charge in [0.25, 0.3) is 0 Å². The van der Waals surface area contributed by atoms with Crippen molar-refractivity contribution in [2.24, 2.45) is 9.98 Å². The highest BCUT2D eigenvalue weighted by Gasteiger charge is 2.03. The third-order valence-corrected chi connectivity index (χ3v) is 1.32. The molecule has 0 bridgehead atoms. The molecule has 1 heterocycles. The van der Waals surface area contributed by atoms with E-state index in [4.69, 9.17) is 0 Å². The van der Waals surface area contributed by atoms with Crippen LogP contribution in [-0.2, 0) is 0 Å². The van der Waals surface area contributed by atoms with E-state index >= 15 is 0 Å². The highest BCUT2D eigenvalue weighted by atomic mass is 15.0. The summed E-state index contributed by atoms with van der Waals surface area (Å²) in [7, 11) is 0. The van der Waals surface area contributed by atoms with E-state index < -0.39 is 0 Å². The molecule has 44 valence electrons. The SMILES string of the molecule is CCC1=NCN=C1C. The van der Waals surface area contributed by atoms with E-state index in [0.717, 1.165) is 12.1 Å². The van der Waals surface area contributed by atoms with Gasteiger partial charge in [0.05, 0.1) is 11.4 Å². The van der Waals surface area contributed by atoms with Crippen molar-refractivity contribution >= 4 is 11.4 Å². The molecular weight excluding hydrogens is 100 g/mol. The molecule has 1 rings (SSSR count). The lowest BCUT2D eigenvalue weighted by molar-refractivity contribution is 1.09. The van der Waals surface area contributed by atoms with Gasteiger partial charge in [0.2, 0.25) is 0 Å². The van der Waals surface area contributed by atoms with Gasteiger partial charge < -0.3 is 0 Å². The number of aliphatic imine (C=N–C) groups is 2. The molecule has 0 fully saturated rings. The zero-order valence-corrected chi connectivity index (χ0v) is 5.31. The first kappa shape index (κ1) is 5.48. The van der Waals surface area contributed by atoms with Crippen molar-refractivity contribution in [3.8, 4) is 0 Å². The molecule has 0 N–H and O–H groups in total. The Morgan fingerprint density at radius 3 is 2.50 bits per heavy atom. The molecule has 0 saturated carbocycles. The van der Waals surface area contributed by atoms with Gasteiger partial charge in [0.15, 0.2) is 0 Å². The second-order valence-electron chi connectivity index (χ2n) is 1.84. The summed E-state index contributed by atoms with van der Waals surface area (Å²) in [4.78, 5) is 8.25. The Bertz CT molecular complexity index is 145. The van der Waals surface area contributed by atoms with Crippen LogP contribution in [0.25, 0.3) is 0 Å². The largest absolute Gasteiger partial charge is 0.265 e. The monoisotopic (exact) mass is 110 g/mol. The summed E-state index contributed by atoms with van der Waals surface area (Å²) in [5.41, 5.74) is 2.29. The van der Waals surface area contributed by atoms with Crippen molar-refractivity contribution in [3.63, 3.8) is 0 Å². The van der Waals surface area contributed by atoms with Crippen molar-refractivity contribution < 1.29 is 0 Å². The molecule has 0 aromatic heterocycles. The Balaban J connectivity index is 2.66. The lowest BCUT2D eigenvalue weighted by Crippen LogP contribution is -2.03. The van der Waals surface area contributed by atoms with Gasteiger partial charge in [-0.15, -0.1) is 0 Å². The normalized spacial score (nSPS) is 18.2. The first-order valence-corrected chi connectivity index (χ1v) is 2.89. The fourth-order valence-corrected chi connectivity index (χ4v) is 0.800. The smallest absolute Gasteiger partial charge is 0.130 e. The molecule has 1 aliphatic rings. The van der Waals surface area contributed by atoms with Crippen LogP contribution in [0.4, 0.5) is 0 Å². The lowest BCUT2D eigenvalue weighted by Gasteiger charge is -1.90. The quantitative estimate of drug-likeness (QED) is 0.485. The van der Waals surface area contributed by atoms with Crippen molar-refractivity contribution in [1.82, 2.24) is 0 Å².